The molecule has 4 heteroatoms. The molecule has 15 heavy (non-hydrogen) atoms. The SMILES string of the molecule is CCOC(C(C)=O)c1c(F)cccc1F. The zero-order valence-corrected chi connectivity index (χ0v) is 8.59. The Morgan fingerprint density at radius 3 is 2.33 bits per heavy atom. The third-order valence-corrected chi connectivity index (χ3v) is 1.96. The first kappa shape index (κ1) is 11.8. The average molecular weight is 214 g/mol. The molecule has 0 amide bonds. The highest BCUT2D eigenvalue weighted by molar-refractivity contribution is 5.82. The zero-order valence-electron chi connectivity index (χ0n) is 8.59. The van der Waals surface area contributed by atoms with Crippen molar-refractivity contribution in [3.8, 4) is 0 Å². The first-order chi connectivity index (χ1) is 7.07. The van der Waals surface area contributed by atoms with Crippen molar-refractivity contribution in [3.05, 3.63) is 35.4 Å². The summed E-state index contributed by atoms with van der Waals surface area (Å²) in [4.78, 5) is 11.2. The number of ketones is 1. The summed E-state index contributed by atoms with van der Waals surface area (Å²) in [7, 11) is 0. The maximum Gasteiger partial charge on any atom is 0.163 e. The number of hydrogen-bond acceptors (Lipinski definition) is 2. The van der Waals surface area contributed by atoms with E-state index in [2.05, 4.69) is 0 Å². The summed E-state index contributed by atoms with van der Waals surface area (Å²) in [6.07, 6.45) is -1.16. The van der Waals surface area contributed by atoms with E-state index in [1.807, 2.05) is 0 Å². The standard InChI is InChI=1S/C11H12F2O2/c1-3-15-11(7(2)14)10-8(12)5-4-6-9(10)13/h4-6,11H,3H2,1-2H3. The van der Waals surface area contributed by atoms with E-state index in [4.69, 9.17) is 4.74 Å². The Balaban J connectivity index is 3.15. The van der Waals surface area contributed by atoms with Crippen molar-refractivity contribution in [3.63, 3.8) is 0 Å². The van der Waals surface area contributed by atoms with E-state index in [-0.39, 0.29) is 12.2 Å². The van der Waals surface area contributed by atoms with E-state index in [0.29, 0.717) is 0 Å². The fraction of sp³-hybridized carbons (Fsp3) is 0.364. The molecule has 0 aliphatic carbocycles. The highest BCUT2D eigenvalue weighted by Gasteiger charge is 2.24. The molecule has 1 unspecified atom stereocenters. The monoisotopic (exact) mass is 214 g/mol. The maximum atomic E-state index is 13.3. The number of ether oxygens (including phenoxy) is 1. The van der Waals surface area contributed by atoms with Gasteiger partial charge >= 0.3 is 0 Å². The number of carbonyl (C=O) groups excluding carboxylic acids is 1. The predicted octanol–water partition coefficient (Wildman–Crippen LogP) is 2.63. The Morgan fingerprint density at radius 2 is 1.93 bits per heavy atom. The van der Waals surface area contributed by atoms with E-state index in [0.717, 1.165) is 12.1 Å². The van der Waals surface area contributed by atoms with Gasteiger partial charge in [-0.25, -0.2) is 8.78 Å². The van der Waals surface area contributed by atoms with Crippen molar-refractivity contribution in [2.75, 3.05) is 6.61 Å². The lowest BCUT2D eigenvalue weighted by molar-refractivity contribution is -0.128. The van der Waals surface area contributed by atoms with Crippen molar-refractivity contribution in [1.82, 2.24) is 0 Å². The van der Waals surface area contributed by atoms with Crippen LogP contribution in [0.2, 0.25) is 0 Å². The minimum Gasteiger partial charge on any atom is -0.366 e. The second-order valence-electron chi connectivity index (χ2n) is 3.08. The Hall–Kier alpha value is -1.29. The first-order valence-corrected chi connectivity index (χ1v) is 4.63. The van der Waals surface area contributed by atoms with Gasteiger partial charge in [-0.15, -0.1) is 0 Å². The van der Waals surface area contributed by atoms with Gasteiger partial charge in [-0.05, 0) is 26.0 Å². The largest absolute Gasteiger partial charge is 0.366 e. The molecule has 1 aromatic carbocycles. The van der Waals surface area contributed by atoms with E-state index in [9.17, 15) is 13.6 Å². The van der Waals surface area contributed by atoms with Crippen molar-refractivity contribution in [2.24, 2.45) is 0 Å². The van der Waals surface area contributed by atoms with Crippen molar-refractivity contribution in [1.29, 1.82) is 0 Å². The first-order valence-electron chi connectivity index (χ1n) is 4.63. The molecule has 1 atom stereocenters. The third-order valence-electron chi connectivity index (χ3n) is 1.96. The molecular weight excluding hydrogens is 202 g/mol. The van der Waals surface area contributed by atoms with Gasteiger partial charge in [0.2, 0.25) is 0 Å². The molecule has 0 aliphatic heterocycles. The van der Waals surface area contributed by atoms with Crippen LogP contribution < -0.4 is 0 Å². The molecule has 0 fully saturated rings. The fourth-order valence-corrected chi connectivity index (χ4v) is 1.33. The summed E-state index contributed by atoms with van der Waals surface area (Å²) in [5, 5.41) is 0. The lowest BCUT2D eigenvalue weighted by Gasteiger charge is -2.15. The van der Waals surface area contributed by atoms with Crippen LogP contribution in [-0.4, -0.2) is 12.4 Å². The van der Waals surface area contributed by atoms with Crippen molar-refractivity contribution >= 4 is 5.78 Å². The number of rotatable bonds is 4. The Labute approximate surface area is 86.9 Å². The van der Waals surface area contributed by atoms with Crippen LogP contribution in [0.1, 0.15) is 25.5 Å². The zero-order chi connectivity index (χ0) is 11.4. The molecule has 0 radical (unpaired) electrons. The molecule has 1 aromatic rings. The van der Waals surface area contributed by atoms with Crippen LogP contribution in [0, 0.1) is 11.6 Å². The van der Waals surface area contributed by atoms with Crippen LogP contribution in [0.4, 0.5) is 8.78 Å². The summed E-state index contributed by atoms with van der Waals surface area (Å²) in [5.41, 5.74) is -0.313. The van der Waals surface area contributed by atoms with Gasteiger partial charge in [0.15, 0.2) is 5.78 Å². The van der Waals surface area contributed by atoms with Crippen LogP contribution in [0.25, 0.3) is 0 Å². The highest BCUT2D eigenvalue weighted by atomic mass is 19.1. The number of benzene rings is 1. The minimum absolute atomic E-state index is 0.220. The average Bonchev–Trinajstić information content (AvgIpc) is 2.15. The summed E-state index contributed by atoms with van der Waals surface area (Å²) in [6.45, 7) is 3.12. The molecular formula is C11H12F2O2. The third kappa shape index (κ3) is 2.59. The number of halogens is 2. The second kappa shape index (κ2) is 4.98. The summed E-state index contributed by atoms with van der Waals surface area (Å²) >= 11 is 0. The van der Waals surface area contributed by atoms with Gasteiger partial charge in [0.25, 0.3) is 0 Å². The molecule has 2 nitrogen and oxygen atoms in total. The summed E-state index contributed by atoms with van der Waals surface area (Å²) in [6, 6.07) is 3.46. The summed E-state index contributed by atoms with van der Waals surface area (Å²) < 4.78 is 31.6. The molecule has 0 bridgehead atoms. The van der Waals surface area contributed by atoms with Gasteiger partial charge < -0.3 is 4.74 Å². The Morgan fingerprint density at radius 1 is 1.40 bits per heavy atom. The molecule has 1 rings (SSSR count). The Kier molecular flexibility index (Phi) is 3.91. The quantitative estimate of drug-likeness (QED) is 0.770. The van der Waals surface area contributed by atoms with Gasteiger partial charge in [0, 0.05) is 6.61 Å². The molecule has 0 N–H and O–H groups in total. The van der Waals surface area contributed by atoms with Crippen LogP contribution in [0.5, 0.6) is 0 Å². The fourth-order valence-electron chi connectivity index (χ4n) is 1.33. The van der Waals surface area contributed by atoms with Crippen LogP contribution in [0.3, 0.4) is 0 Å². The van der Waals surface area contributed by atoms with Gasteiger partial charge in [0.05, 0.1) is 5.56 Å². The predicted molar refractivity (Wildman–Crippen MR) is 51.4 cm³/mol. The lowest BCUT2D eigenvalue weighted by atomic mass is 10.1. The van der Waals surface area contributed by atoms with Crippen LogP contribution in [0.15, 0.2) is 18.2 Å². The van der Waals surface area contributed by atoms with E-state index < -0.39 is 23.5 Å². The Bertz CT molecular complexity index is 343. The van der Waals surface area contributed by atoms with Gasteiger partial charge in [0.1, 0.15) is 17.7 Å². The number of Topliss-reactive ketones (excluding diaryl/α,β-unsaturated/α-hetero) is 1. The molecule has 0 saturated heterocycles. The topological polar surface area (TPSA) is 26.3 Å². The normalized spacial score (nSPS) is 12.5. The summed E-state index contributed by atoms with van der Waals surface area (Å²) in [5.74, 6) is -1.94. The molecule has 0 saturated carbocycles. The molecule has 0 spiro atoms. The minimum atomic E-state index is -1.16. The van der Waals surface area contributed by atoms with E-state index in [1.165, 1.54) is 13.0 Å². The number of hydrogen-bond donors (Lipinski definition) is 0. The highest BCUT2D eigenvalue weighted by Crippen LogP contribution is 2.24. The number of carbonyl (C=O) groups is 1. The van der Waals surface area contributed by atoms with Crippen LogP contribution in [-0.2, 0) is 9.53 Å². The van der Waals surface area contributed by atoms with Gasteiger partial charge in [-0.1, -0.05) is 6.07 Å². The smallest absolute Gasteiger partial charge is 0.163 e. The molecule has 0 heterocycles. The van der Waals surface area contributed by atoms with Gasteiger partial charge in [-0.2, -0.15) is 0 Å². The van der Waals surface area contributed by atoms with Gasteiger partial charge in [-0.3, -0.25) is 4.79 Å². The van der Waals surface area contributed by atoms with E-state index in [1.54, 1.807) is 6.92 Å². The molecule has 0 aliphatic rings. The molecule has 0 aromatic heterocycles. The van der Waals surface area contributed by atoms with E-state index >= 15 is 0 Å². The second-order valence-corrected chi connectivity index (χ2v) is 3.08. The van der Waals surface area contributed by atoms with Crippen LogP contribution >= 0.6 is 0 Å². The van der Waals surface area contributed by atoms with Crippen molar-refractivity contribution < 1.29 is 18.3 Å². The lowest BCUT2D eigenvalue weighted by Crippen LogP contribution is -2.16. The molecule has 82 valence electrons. The van der Waals surface area contributed by atoms with Crippen molar-refractivity contribution in [2.45, 2.75) is 20.0 Å². The maximum absolute atomic E-state index is 13.3.